The molecule has 1 atom stereocenters. The van der Waals surface area contributed by atoms with E-state index in [2.05, 4.69) is 24.5 Å². The summed E-state index contributed by atoms with van der Waals surface area (Å²) in [5, 5.41) is 5.65. The van der Waals surface area contributed by atoms with E-state index in [1.54, 1.807) is 0 Å². The molecule has 0 aromatic heterocycles. The van der Waals surface area contributed by atoms with Crippen LogP contribution in [0.4, 0.5) is 4.79 Å². The number of rotatable bonds is 6. The van der Waals surface area contributed by atoms with Crippen LogP contribution in [0.5, 0.6) is 0 Å². The average Bonchev–Trinajstić information content (AvgIpc) is 2.98. The number of hydrogen-bond donors (Lipinski definition) is 2. The first-order valence-electron chi connectivity index (χ1n) is 8.27. The Morgan fingerprint density at radius 1 is 1.23 bits per heavy atom. The van der Waals surface area contributed by atoms with Gasteiger partial charge in [0.1, 0.15) is 12.1 Å². The van der Waals surface area contributed by atoms with Crippen molar-refractivity contribution in [2.75, 3.05) is 6.54 Å². The van der Waals surface area contributed by atoms with Crippen molar-refractivity contribution in [3.05, 3.63) is 0 Å². The summed E-state index contributed by atoms with van der Waals surface area (Å²) in [5.74, 6) is 0.0855. The van der Waals surface area contributed by atoms with E-state index >= 15 is 0 Å². The number of hydrogen-bond acceptors (Lipinski definition) is 3. The third kappa shape index (κ3) is 3.59. The van der Waals surface area contributed by atoms with Gasteiger partial charge in [-0.25, -0.2) is 4.79 Å². The minimum atomic E-state index is -0.735. The molecule has 0 aromatic rings. The normalized spacial score (nSPS) is 21.5. The van der Waals surface area contributed by atoms with Crippen LogP contribution in [0.15, 0.2) is 0 Å². The van der Waals surface area contributed by atoms with Crippen molar-refractivity contribution in [1.29, 1.82) is 0 Å². The highest BCUT2D eigenvalue weighted by Crippen LogP contribution is 2.34. The van der Waals surface area contributed by atoms with Crippen molar-refractivity contribution in [3.63, 3.8) is 0 Å². The molecule has 1 saturated carbocycles. The number of amides is 4. The zero-order chi connectivity index (χ0) is 16.3. The Morgan fingerprint density at radius 3 is 2.45 bits per heavy atom. The van der Waals surface area contributed by atoms with E-state index in [9.17, 15) is 14.4 Å². The zero-order valence-corrected chi connectivity index (χ0v) is 13.8. The van der Waals surface area contributed by atoms with Crippen LogP contribution < -0.4 is 10.6 Å². The lowest BCUT2D eigenvalue weighted by Gasteiger charge is -2.20. The molecule has 1 saturated heterocycles. The fraction of sp³-hybridized carbons (Fsp3) is 0.812. The van der Waals surface area contributed by atoms with Crippen molar-refractivity contribution in [2.24, 2.45) is 5.92 Å². The summed E-state index contributed by atoms with van der Waals surface area (Å²) in [5.41, 5.74) is -0.735. The van der Waals surface area contributed by atoms with Gasteiger partial charge in [-0.2, -0.15) is 0 Å². The fourth-order valence-electron chi connectivity index (χ4n) is 3.26. The predicted molar refractivity (Wildman–Crippen MR) is 83.1 cm³/mol. The molecule has 2 aliphatic rings. The molecule has 0 bridgehead atoms. The summed E-state index contributed by atoms with van der Waals surface area (Å²) in [6.45, 7) is 6.05. The molecule has 2 fully saturated rings. The predicted octanol–water partition coefficient (Wildman–Crippen LogP) is 1.79. The van der Waals surface area contributed by atoms with Gasteiger partial charge in [-0.3, -0.25) is 14.5 Å². The Balaban J connectivity index is 1.86. The highest BCUT2D eigenvalue weighted by atomic mass is 16.2. The first-order valence-corrected chi connectivity index (χ1v) is 8.27. The molecule has 22 heavy (non-hydrogen) atoms. The van der Waals surface area contributed by atoms with Crippen LogP contribution in [0.25, 0.3) is 0 Å². The van der Waals surface area contributed by atoms with E-state index in [0.29, 0.717) is 18.8 Å². The van der Waals surface area contributed by atoms with Crippen molar-refractivity contribution in [3.8, 4) is 0 Å². The van der Waals surface area contributed by atoms with Gasteiger partial charge in [0.2, 0.25) is 5.91 Å². The van der Waals surface area contributed by atoms with Gasteiger partial charge in [0.25, 0.3) is 5.91 Å². The minimum absolute atomic E-state index is 0.0520. The van der Waals surface area contributed by atoms with Gasteiger partial charge in [-0.05, 0) is 38.5 Å². The van der Waals surface area contributed by atoms with Crippen LogP contribution in [0.2, 0.25) is 0 Å². The van der Waals surface area contributed by atoms with E-state index in [1.807, 2.05) is 6.92 Å². The number of nitrogens with one attached hydrogen (secondary N) is 2. The SMILES string of the molecule is CC(C)CCC(C)NC(=O)CN1C(=O)NC2(CCCC2)C1=O. The second kappa shape index (κ2) is 6.67. The molecule has 1 heterocycles. The Kier molecular flexibility index (Phi) is 5.08. The summed E-state index contributed by atoms with van der Waals surface area (Å²) >= 11 is 0. The molecule has 1 spiro atoms. The lowest BCUT2D eigenvalue weighted by molar-refractivity contribution is -0.135. The highest BCUT2D eigenvalue weighted by molar-refractivity contribution is 6.09. The van der Waals surface area contributed by atoms with Crippen LogP contribution in [0.3, 0.4) is 0 Å². The summed E-state index contributed by atoms with van der Waals surface area (Å²) in [6, 6.07) is -0.381. The van der Waals surface area contributed by atoms with Crippen LogP contribution in [0.1, 0.15) is 59.3 Å². The standard InChI is InChI=1S/C16H27N3O3/c1-11(2)6-7-12(3)17-13(20)10-19-14(21)16(18-15(19)22)8-4-5-9-16/h11-12H,4-10H2,1-3H3,(H,17,20)(H,18,22). The maximum absolute atomic E-state index is 12.4. The smallest absolute Gasteiger partial charge is 0.325 e. The molecule has 2 rings (SSSR count). The zero-order valence-electron chi connectivity index (χ0n) is 13.8. The molecule has 0 radical (unpaired) electrons. The summed E-state index contributed by atoms with van der Waals surface area (Å²) < 4.78 is 0. The molecular weight excluding hydrogens is 282 g/mol. The van der Waals surface area contributed by atoms with E-state index in [0.717, 1.165) is 30.6 Å². The topological polar surface area (TPSA) is 78.5 Å². The quantitative estimate of drug-likeness (QED) is 0.734. The highest BCUT2D eigenvalue weighted by Gasteiger charge is 2.52. The second-order valence-electron chi connectivity index (χ2n) is 7.05. The van der Waals surface area contributed by atoms with Crippen LogP contribution in [-0.2, 0) is 9.59 Å². The van der Waals surface area contributed by atoms with E-state index in [1.165, 1.54) is 0 Å². The number of carbonyl (C=O) groups is 3. The molecular formula is C16H27N3O3. The second-order valence-corrected chi connectivity index (χ2v) is 7.05. The summed E-state index contributed by atoms with van der Waals surface area (Å²) in [6.07, 6.45) is 5.18. The Bertz CT molecular complexity index is 456. The number of nitrogens with zero attached hydrogens (tertiary/aromatic N) is 1. The van der Waals surface area contributed by atoms with Gasteiger partial charge in [-0.15, -0.1) is 0 Å². The van der Waals surface area contributed by atoms with Crippen LogP contribution in [-0.4, -0.2) is 40.9 Å². The Hall–Kier alpha value is -1.59. The fourth-order valence-corrected chi connectivity index (χ4v) is 3.26. The molecule has 6 heteroatoms. The molecule has 4 amide bonds. The summed E-state index contributed by atoms with van der Waals surface area (Å²) in [4.78, 5) is 37.6. The average molecular weight is 309 g/mol. The van der Waals surface area contributed by atoms with Crippen molar-refractivity contribution >= 4 is 17.8 Å². The van der Waals surface area contributed by atoms with Gasteiger partial charge < -0.3 is 10.6 Å². The van der Waals surface area contributed by atoms with Crippen molar-refractivity contribution < 1.29 is 14.4 Å². The molecule has 1 aliphatic carbocycles. The first-order chi connectivity index (χ1) is 10.3. The first kappa shape index (κ1) is 16.8. The number of urea groups is 1. The van der Waals surface area contributed by atoms with Crippen molar-refractivity contribution in [1.82, 2.24) is 15.5 Å². The minimum Gasteiger partial charge on any atom is -0.352 e. The molecule has 6 nitrogen and oxygen atoms in total. The Labute approximate surface area is 132 Å². The van der Waals surface area contributed by atoms with Gasteiger partial charge in [-0.1, -0.05) is 26.7 Å². The maximum Gasteiger partial charge on any atom is 0.325 e. The lowest BCUT2D eigenvalue weighted by Crippen LogP contribution is -2.46. The third-order valence-corrected chi connectivity index (χ3v) is 4.59. The van der Waals surface area contributed by atoms with Crippen molar-refractivity contribution in [2.45, 2.75) is 70.9 Å². The van der Waals surface area contributed by atoms with E-state index in [-0.39, 0.29) is 24.4 Å². The van der Waals surface area contributed by atoms with E-state index in [4.69, 9.17) is 0 Å². The number of imide groups is 1. The molecule has 1 aliphatic heterocycles. The van der Waals surface area contributed by atoms with Crippen LogP contribution in [0, 0.1) is 5.92 Å². The monoisotopic (exact) mass is 309 g/mol. The molecule has 2 N–H and O–H groups in total. The maximum atomic E-state index is 12.4. The third-order valence-electron chi connectivity index (χ3n) is 4.59. The van der Waals surface area contributed by atoms with Gasteiger partial charge in [0.05, 0.1) is 0 Å². The largest absolute Gasteiger partial charge is 0.352 e. The lowest BCUT2D eigenvalue weighted by atomic mass is 9.98. The van der Waals surface area contributed by atoms with Gasteiger partial charge >= 0.3 is 6.03 Å². The molecule has 0 aromatic carbocycles. The summed E-state index contributed by atoms with van der Waals surface area (Å²) in [7, 11) is 0. The van der Waals surface area contributed by atoms with Gasteiger partial charge in [0.15, 0.2) is 0 Å². The molecule has 1 unspecified atom stereocenters. The van der Waals surface area contributed by atoms with Crippen LogP contribution >= 0.6 is 0 Å². The van der Waals surface area contributed by atoms with Gasteiger partial charge in [0, 0.05) is 6.04 Å². The number of carbonyl (C=O) groups excluding carboxylic acids is 3. The molecule has 124 valence electrons. The Morgan fingerprint density at radius 2 is 1.86 bits per heavy atom. The van der Waals surface area contributed by atoms with E-state index < -0.39 is 11.6 Å².